The van der Waals surface area contributed by atoms with Crippen LogP contribution in [0.5, 0.6) is 0 Å². The van der Waals surface area contributed by atoms with Crippen LogP contribution < -0.4 is 0 Å². The van der Waals surface area contributed by atoms with Crippen LogP contribution in [0, 0.1) is 23.7 Å². The minimum atomic E-state index is -0.379. The Kier molecular flexibility index (Phi) is 4.09. The minimum absolute atomic E-state index is 0.379. The van der Waals surface area contributed by atoms with Gasteiger partial charge in [-0.2, -0.15) is 0 Å². The standard InChI is InChI=1S/C20H36S/c1-21(2,19-13-11-15-7-3-5-9-17(15)19)20-14-12-16-8-4-6-10-18(16)20/h15-20H,3-14H2,1-2H3. The van der Waals surface area contributed by atoms with Gasteiger partial charge in [-0.1, -0.05) is 38.5 Å². The molecule has 4 aliphatic carbocycles. The van der Waals surface area contributed by atoms with Crippen molar-refractivity contribution in [2.75, 3.05) is 12.5 Å². The normalized spacial score (nSPS) is 47.9. The van der Waals surface area contributed by atoms with Gasteiger partial charge in [-0.25, -0.2) is 10.0 Å². The lowest BCUT2D eigenvalue weighted by Gasteiger charge is -2.50. The first kappa shape index (κ1) is 14.9. The predicted octanol–water partition coefficient (Wildman–Crippen LogP) is 5.99. The Bertz CT molecular complexity index is 340. The van der Waals surface area contributed by atoms with E-state index in [0.29, 0.717) is 0 Å². The summed E-state index contributed by atoms with van der Waals surface area (Å²) in [7, 11) is -0.379. The molecule has 4 saturated carbocycles. The zero-order valence-electron chi connectivity index (χ0n) is 14.4. The van der Waals surface area contributed by atoms with Crippen molar-refractivity contribution in [3.8, 4) is 0 Å². The van der Waals surface area contributed by atoms with Gasteiger partial charge in [-0.15, -0.1) is 0 Å². The molecule has 4 rings (SSSR count). The first-order valence-electron chi connectivity index (χ1n) is 9.89. The average molecular weight is 309 g/mol. The Balaban J connectivity index is 1.52. The maximum absolute atomic E-state index is 2.77. The van der Waals surface area contributed by atoms with Crippen LogP contribution in [0.3, 0.4) is 0 Å². The van der Waals surface area contributed by atoms with Crippen molar-refractivity contribution in [2.24, 2.45) is 23.7 Å². The molecule has 0 aromatic rings. The molecule has 0 nitrogen and oxygen atoms in total. The summed E-state index contributed by atoms with van der Waals surface area (Å²) in [5.41, 5.74) is 0. The highest BCUT2D eigenvalue weighted by Crippen LogP contribution is 2.67. The molecular formula is C20H36S. The third-order valence-corrected chi connectivity index (χ3v) is 12.4. The van der Waals surface area contributed by atoms with Crippen molar-refractivity contribution < 1.29 is 0 Å². The number of hydrogen-bond acceptors (Lipinski definition) is 0. The highest BCUT2D eigenvalue weighted by molar-refractivity contribution is 8.33. The second kappa shape index (κ2) is 5.77. The molecule has 122 valence electrons. The fourth-order valence-corrected chi connectivity index (χ4v) is 11.5. The topological polar surface area (TPSA) is 0 Å². The molecule has 4 aliphatic rings. The van der Waals surface area contributed by atoms with Gasteiger partial charge in [0.05, 0.1) is 0 Å². The van der Waals surface area contributed by atoms with Crippen LogP contribution in [0.1, 0.15) is 77.0 Å². The molecule has 6 unspecified atom stereocenters. The van der Waals surface area contributed by atoms with Gasteiger partial charge in [0.2, 0.25) is 0 Å². The molecule has 0 spiro atoms. The molecule has 0 N–H and O–H groups in total. The fraction of sp³-hybridized carbons (Fsp3) is 1.00. The van der Waals surface area contributed by atoms with Crippen LogP contribution in [-0.2, 0) is 0 Å². The monoisotopic (exact) mass is 308 g/mol. The summed E-state index contributed by atoms with van der Waals surface area (Å²) in [6.45, 7) is 0. The Morgan fingerprint density at radius 2 is 0.952 bits per heavy atom. The van der Waals surface area contributed by atoms with E-state index in [1.54, 1.807) is 64.2 Å². The van der Waals surface area contributed by atoms with Crippen molar-refractivity contribution in [3.63, 3.8) is 0 Å². The van der Waals surface area contributed by atoms with Crippen LogP contribution in [0.2, 0.25) is 0 Å². The molecule has 0 aromatic carbocycles. The van der Waals surface area contributed by atoms with Gasteiger partial charge in [0, 0.05) is 0 Å². The Labute approximate surface area is 134 Å². The van der Waals surface area contributed by atoms with Crippen LogP contribution in [0.25, 0.3) is 0 Å². The third-order valence-electron chi connectivity index (χ3n) is 8.10. The van der Waals surface area contributed by atoms with E-state index in [1.165, 1.54) is 12.8 Å². The molecular weight excluding hydrogens is 272 g/mol. The van der Waals surface area contributed by atoms with Gasteiger partial charge < -0.3 is 0 Å². The lowest BCUT2D eigenvalue weighted by molar-refractivity contribution is 0.273. The van der Waals surface area contributed by atoms with Crippen molar-refractivity contribution in [1.82, 2.24) is 0 Å². The summed E-state index contributed by atoms with van der Waals surface area (Å²) in [6.07, 6.45) is 24.4. The zero-order valence-corrected chi connectivity index (χ0v) is 15.2. The molecule has 1 heteroatoms. The van der Waals surface area contributed by atoms with Crippen LogP contribution in [0.15, 0.2) is 0 Å². The van der Waals surface area contributed by atoms with Gasteiger partial charge in [0.1, 0.15) is 0 Å². The van der Waals surface area contributed by atoms with Crippen LogP contribution in [0.4, 0.5) is 0 Å². The van der Waals surface area contributed by atoms with Crippen molar-refractivity contribution in [1.29, 1.82) is 0 Å². The summed E-state index contributed by atoms with van der Waals surface area (Å²) in [4.78, 5) is 0. The summed E-state index contributed by atoms with van der Waals surface area (Å²) in [5, 5.41) is 2.29. The molecule has 0 bridgehead atoms. The molecule has 21 heavy (non-hydrogen) atoms. The van der Waals surface area contributed by atoms with E-state index in [2.05, 4.69) is 12.5 Å². The Morgan fingerprint density at radius 3 is 1.43 bits per heavy atom. The quantitative estimate of drug-likeness (QED) is 0.588. The largest absolute Gasteiger partial charge is 0.241 e. The lowest BCUT2D eigenvalue weighted by Crippen LogP contribution is -2.36. The SMILES string of the molecule is CS(C)(C1CCC2CCCCC21)C1CCC2CCCCC21. The second-order valence-electron chi connectivity index (χ2n) is 9.14. The summed E-state index contributed by atoms with van der Waals surface area (Å²) in [5.74, 6) is 4.57. The van der Waals surface area contributed by atoms with E-state index in [1.807, 2.05) is 0 Å². The van der Waals surface area contributed by atoms with E-state index < -0.39 is 0 Å². The molecule has 0 saturated heterocycles. The number of hydrogen-bond donors (Lipinski definition) is 0. The molecule has 0 heterocycles. The van der Waals surface area contributed by atoms with Gasteiger partial charge in [0.15, 0.2) is 0 Å². The molecule has 0 radical (unpaired) electrons. The highest BCUT2D eigenvalue weighted by Gasteiger charge is 2.49. The van der Waals surface area contributed by atoms with Crippen molar-refractivity contribution in [3.05, 3.63) is 0 Å². The van der Waals surface area contributed by atoms with E-state index >= 15 is 0 Å². The van der Waals surface area contributed by atoms with E-state index in [-0.39, 0.29) is 10.0 Å². The first-order valence-corrected chi connectivity index (χ1v) is 12.5. The van der Waals surface area contributed by atoms with E-state index in [0.717, 1.165) is 34.2 Å². The number of fused-ring (bicyclic) bond motifs is 2. The van der Waals surface area contributed by atoms with Gasteiger partial charge >= 0.3 is 0 Å². The Hall–Kier alpha value is 0.350. The molecule has 6 atom stereocenters. The van der Waals surface area contributed by atoms with Gasteiger partial charge in [-0.05, 0) is 85.2 Å². The number of rotatable bonds is 2. The second-order valence-corrected chi connectivity index (χ2v) is 13.3. The average Bonchev–Trinajstić information content (AvgIpc) is 3.12. The van der Waals surface area contributed by atoms with Crippen LogP contribution in [-0.4, -0.2) is 23.0 Å². The van der Waals surface area contributed by atoms with Crippen molar-refractivity contribution >= 4 is 10.0 Å². The third kappa shape index (κ3) is 2.50. The predicted molar refractivity (Wildman–Crippen MR) is 96.4 cm³/mol. The van der Waals surface area contributed by atoms with Crippen molar-refractivity contribution in [2.45, 2.75) is 87.5 Å². The summed E-state index contributed by atoms with van der Waals surface area (Å²) >= 11 is 0. The fourth-order valence-electron chi connectivity index (χ4n) is 7.09. The smallest absolute Gasteiger partial charge is 0.00831 e. The van der Waals surface area contributed by atoms with Gasteiger partial charge in [0.25, 0.3) is 0 Å². The van der Waals surface area contributed by atoms with Gasteiger partial charge in [-0.3, -0.25) is 0 Å². The highest BCUT2D eigenvalue weighted by atomic mass is 32.3. The maximum atomic E-state index is 2.77. The maximum Gasteiger partial charge on any atom is -0.00831 e. The minimum Gasteiger partial charge on any atom is -0.241 e. The molecule has 0 amide bonds. The lowest BCUT2D eigenvalue weighted by atomic mass is 9.81. The molecule has 0 aliphatic heterocycles. The van der Waals surface area contributed by atoms with E-state index in [4.69, 9.17) is 0 Å². The molecule has 4 fully saturated rings. The summed E-state index contributed by atoms with van der Waals surface area (Å²) in [6, 6.07) is 0. The summed E-state index contributed by atoms with van der Waals surface area (Å²) < 4.78 is 0. The molecule has 0 aromatic heterocycles. The zero-order chi connectivity index (χ0) is 14.4. The van der Waals surface area contributed by atoms with Crippen LogP contribution >= 0.6 is 10.0 Å². The first-order chi connectivity index (χ1) is 10.2. The Morgan fingerprint density at radius 1 is 0.524 bits per heavy atom. The van der Waals surface area contributed by atoms with E-state index in [9.17, 15) is 0 Å².